The highest BCUT2D eigenvalue weighted by atomic mass is 35.5. The van der Waals surface area contributed by atoms with Gasteiger partial charge in [-0.2, -0.15) is 0 Å². The summed E-state index contributed by atoms with van der Waals surface area (Å²) in [7, 11) is 0. The van der Waals surface area contributed by atoms with E-state index in [1.165, 1.54) is 24.3 Å². The van der Waals surface area contributed by atoms with E-state index in [1.807, 2.05) is 0 Å². The first-order chi connectivity index (χ1) is 13.3. The molecule has 1 saturated carbocycles. The lowest BCUT2D eigenvalue weighted by molar-refractivity contribution is -0.137. The topological polar surface area (TPSA) is 87.7 Å². The van der Waals surface area contributed by atoms with Crippen LogP contribution in [-0.2, 0) is 20.0 Å². The van der Waals surface area contributed by atoms with Crippen molar-refractivity contribution in [3.63, 3.8) is 0 Å². The second-order valence-corrected chi connectivity index (χ2v) is 7.83. The van der Waals surface area contributed by atoms with Gasteiger partial charge in [0.15, 0.2) is 5.54 Å². The first-order valence-corrected chi connectivity index (χ1v) is 9.82. The summed E-state index contributed by atoms with van der Waals surface area (Å²) in [4.78, 5) is 29.6. The molecular formula is C20H24ClFN2O4. The van der Waals surface area contributed by atoms with Crippen molar-refractivity contribution in [2.45, 2.75) is 57.0 Å². The predicted molar refractivity (Wildman–Crippen MR) is 102 cm³/mol. The summed E-state index contributed by atoms with van der Waals surface area (Å²) in [6, 6.07) is 4.06. The van der Waals surface area contributed by atoms with Gasteiger partial charge in [-0.1, -0.05) is 30.5 Å². The smallest absolute Gasteiger partial charge is 0.303 e. The molecule has 0 saturated heterocycles. The summed E-state index contributed by atoms with van der Waals surface area (Å²) in [5, 5.41) is 12.1. The second-order valence-electron chi connectivity index (χ2n) is 7.42. The van der Waals surface area contributed by atoms with Gasteiger partial charge in [-0.3, -0.25) is 9.59 Å². The molecule has 2 aliphatic rings. The lowest BCUT2D eigenvalue weighted by Gasteiger charge is -2.35. The molecule has 3 N–H and O–H groups in total. The van der Waals surface area contributed by atoms with E-state index < -0.39 is 23.2 Å². The Balaban J connectivity index is 1.88. The molecule has 0 aromatic heterocycles. The van der Waals surface area contributed by atoms with Crippen molar-refractivity contribution >= 4 is 23.5 Å². The molecule has 1 heterocycles. The molecule has 3 atom stereocenters. The van der Waals surface area contributed by atoms with Crippen LogP contribution >= 0.6 is 11.6 Å². The molecule has 6 nitrogen and oxygen atoms in total. The fourth-order valence-corrected chi connectivity index (χ4v) is 4.39. The normalized spacial score (nSPS) is 27.0. The second kappa shape index (κ2) is 8.49. The van der Waals surface area contributed by atoms with Crippen molar-refractivity contribution < 1.29 is 23.9 Å². The molecular weight excluding hydrogens is 387 g/mol. The van der Waals surface area contributed by atoms with Crippen molar-refractivity contribution in [1.82, 2.24) is 10.8 Å². The van der Waals surface area contributed by atoms with Crippen molar-refractivity contribution in [2.24, 2.45) is 5.92 Å². The Labute approximate surface area is 168 Å². The number of rotatable bonds is 6. The molecule has 1 aromatic carbocycles. The number of carboxylic acid groups (broad SMARTS) is 1. The number of aliphatic carboxylic acids is 1. The predicted octanol–water partition coefficient (Wildman–Crippen LogP) is 3.65. The lowest BCUT2D eigenvalue weighted by atomic mass is 9.80. The van der Waals surface area contributed by atoms with Gasteiger partial charge in [0.1, 0.15) is 11.6 Å². The molecule has 3 rings (SSSR count). The fraction of sp³-hybridized carbons (Fsp3) is 0.500. The zero-order valence-electron chi connectivity index (χ0n) is 15.6. The molecule has 1 fully saturated rings. The van der Waals surface area contributed by atoms with E-state index in [2.05, 4.69) is 10.8 Å². The monoisotopic (exact) mass is 410 g/mol. The average molecular weight is 411 g/mol. The molecule has 152 valence electrons. The largest absolute Gasteiger partial charge is 0.481 e. The average Bonchev–Trinajstić information content (AvgIpc) is 3.03. The summed E-state index contributed by atoms with van der Waals surface area (Å²) >= 11 is 6.24. The van der Waals surface area contributed by atoms with Gasteiger partial charge in [0, 0.05) is 23.0 Å². The van der Waals surface area contributed by atoms with Gasteiger partial charge < -0.3 is 15.3 Å². The van der Waals surface area contributed by atoms with Crippen LogP contribution < -0.4 is 10.8 Å². The summed E-state index contributed by atoms with van der Waals surface area (Å²) in [5.41, 5.74) is 1.07. The fourth-order valence-electron chi connectivity index (χ4n) is 4.08. The third-order valence-corrected chi connectivity index (χ3v) is 5.78. The quantitative estimate of drug-likeness (QED) is 0.666. The molecule has 1 aromatic rings. The van der Waals surface area contributed by atoms with E-state index in [1.54, 1.807) is 6.92 Å². The van der Waals surface area contributed by atoms with Crippen LogP contribution in [0.1, 0.15) is 51.0 Å². The Morgan fingerprint density at radius 3 is 2.79 bits per heavy atom. The number of amides is 1. The summed E-state index contributed by atoms with van der Waals surface area (Å²) in [5.74, 6) is -1.44. The lowest BCUT2D eigenvalue weighted by Crippen LogP contribution is -2.55. The zero-order valence-corrected chi connectivity index (χ0v) is 16.4. The molecule has 1 aliphatic carbocycles. The van der Waals surface area contributed by atoms with Crippen LogP contribution in [0.15, 0.2) is 30.0 Å². The number of halogens is 2. The Morgan fingerprint density at radius 2 is 2.14 bits per heavy atom. The van der Waals surface area contributed by atoms with Gasteiger partial charge in [-0.15, -0.1) is 5.48 Å². The van der Waals surface area contributed by atoms with Crippen LogP contribution in [0.3, 0.4) is 0 Å². The Bertz CT molecular complexity index is 780. The van der Waals surface area contributed by atoms with Crippen molar-refractivity contribution in [2.75, 3.05) is 0 Å². The van der Waals surface area contributed by atoms with E-state index in [4.69, 9.17) is 21.5 Å². The SMILES string of the molecule is CC1=CC(C(=O)N[C@H]2CCCC[C@H]2CCC(=O)O)(c2c(F)cccc2Cl)NO1. The Hall–Kier alpha value is -2.12. The van der Waals surface area contributed by atoms with Crippen LogP contribution in [0.2, 0.25) is 5.02 Å². The molecule has 1 unspecified atom stereocenters. The maximum atomic E-state index is 14.6. The third kappa shape index (κ3) is 4.15. The first-order valence-electron chi connectivity index (χ1n) is 9.44. The van der Waals surface area contributed by atoms with Gasteiger partial charge in [-0.05, 0) is 50.3 Å². The molecule has 0 radical (unpaired) electrons. The van der Waals surface area contributed by atoms with Crippen LogP contribution in [0.4, 0.5) is 4.39 Å². The maximum absolute atomic E-state index is 14.6. The summed E-state index contributed by atoms with van der Waals surface area (Å²) in [6.45, 7) is 1.66. The molecule has 0 spiro atoms. The number of carbonyl (C=O) groups excluding carboxylic acids is 1. The minimum absolute atomic E-state index is 0.00362. The molecule has 8 heteroatoms. The highest BCUT2D eigenvalue weighted by molar-refractivity contribution is 6.31. The van der Waals surface area contributed by atoms with Crippen molar-refractivity contribution in [3.8, 4) is 0 Å². The highest BCUT2D eigenvalue weighted by Gasteiger charge is 2.47. The van der Waals surface area contributed by atoms with Gasteiger partial charge in [-0.25, -0.2) is 4.39 Å². The van der Waals surface area contributed by atoms with Gasteiger partial charge in [0.05, 0.1) is 0 Å². The summed E-state index contributed by atoms with van der Waals surface area (Å²) in [6.07, 6.45) is 5.61. The number of hydrogen-bond acceptors (Lipinski definition) is 4. The van der Waals surface area contributed by atoms with Crippen LogP contribution in [0.5, 0.6) is 0 Å². The number of benzene rings is 1. The van der Waals surface area contributed by atoms with Crippen molar-refractivity contribution in [1.29, 1.82) is 0 Å². The van der Waals surface area contributed by atoms with Gasteiger partial charge in [0.2, 0.25) is 0 Å². The van der Waals surface area contributed by atoms with Crippen LogP contribution in [-0.4, -0.2) is 23.0 Å². The number of allylic oxidation sites excluding steroid dienone is 1. The maximum Gasteiger partial charge on any atom is 0.303 e. The first kappa shape index (κ1) is 20.6. The Kier molecular flexibility index (Phi) is 6.25. The van der Waals surface area contributed by atoms with Gasteiger partial charge >= 0.3 is 5.97 Å². The van der Waals surface area contributed by atoms with E-state index in [0.29, 0.717) is 12.2 Å². The summed E-state index contributed by atoms with van der Waals surface area (Å²) < 4.78 is 14.6. The van der Waals surface area contributed by atoms with E-state index in [9.17, 15) is 14.0 Å². The Morgan fingerprint density at radius 1 is 1.39 bits per heavy atom. The standard InChI is InChI=1S/C20H24ClFN2O4/c1-12-11-20(24-28-12,18-14(21)6-4-7-15(18)22)19(27)23-16-8-3-2-5-13(16)9-10-17(25)26/h4,6-7,11,13,16,24H,2-3,5,8-10H2,1H3,(H,23,27)(H,25,26)/t13-,16-,20?/m0/s1. The number of hydroxylamine groups is 1. The van der Waals surface area contributed by atoms with E-state index >= 15 is 0 Å². The number of carbonyl (C=O) groups is 2. The molecule has 28 heavy (non-hydrogen) atoms. The van der Waals surface area contributed by atoms with Gasteiger partial charge in [0.25, 0.3) is 5.91 Å². The molecule has 1 aliphatic heterocycles. The third-order valence-electron chi connectivity index (χ3n) is 5.46. The molecule has 1 amide bonds. The minimum atomic E-state index is -1.58. The number of carboxylic acids is 1. The number of nitrogens with one attached hydrogen (secondary N) is 2. The van der Waals surface area contributed by atoms with Crippen molar-refractivity contribution in [3.05, 3.63) is 46.4 Å². The number of hydrogen-bond donors (Lipinski definition) is 3. The minimum Gasteiger partial charge on any atom is -0.481 e. The zero-order chi connectivity index (χ0) is 20.3. The molecule has 0 bridgehead atoms. The van der Waals surface area contributed by atoms with E-state index in [0.717, 1.165) is 25.7 Å². The van der Waals surface area contributed by atoms with Crippen LogP contribution in [0, 0.1) is 11.7 Å². The highest BCUT2D eigenvalue weighted by Crippen LogP contribution is 2.37. The van der Waals surface area contributed by atoms with E-state index in [-0.39, 0.29) is 29.0 Å². The van der Waals surface area contributed by atoms with Crippen LogP contribution in [0.25, 0.3) is 0 Å².